The van der Waals surface area contributed by atoms with Gasteiger partial charge in [-0.1, -0.05) is 0 Å². The second-order valence-electron chi connectivity index (χ2n) is 4.97. The van der Waals surface area contributed by atoms with Crippen molar-refractivity contribution in [2.45, 2.75) is 19.4 Å². The van der Waals surface area contributed by atoms with Crippen LogP contribution in [0.1, 0.15) is 23.7 Å². The topological polar surface area (TPSA) is 87.5 Å². The van der Waals surface area contributed by atoms with Gasteiger partial charge in [-0.3, -0.25) is 14.9 Å². The number of amides is 1. The summed E-state index contributed by atoms with van der Waals surface area (Å²) in [6.07, 6.45) is 0.940. The minimum Gasteiger partial charge on any atom is -0.362 e. The van der Waals surface area contributed by atoms with Gasteiger partial charge in [-0.15, -0.1) is 0 Å². The van der Waals surface area contributed by atoms with Crippen molar-refractivity contribution in [3.8, 4) is 0 Å². The van der Waals surface area contributed by atoms with Crippen molar-refractivity contribution < 1.29 is 9.72 Å². The molecule has 1 aliphatic rings. The molecule has 1 saturated heterocycles. The van der Waals surface area contributed by atoms with Gasteiger partial charge in [0.15, 0.2) is 0 Å². The Labute approximate surface area is 123 Å². The lowest BCUT2D eigenvalue weighted by Gasteiger charge is -2.29. The van der Waals surface area contributed by atoms with Crippen LogP contribution in [-0.4, -0.2) is 43.6 Å². The molecule has 1 unspecified atom stereocenters. The van der Waals surface area contributed by atoms with Crippen LogP contribution in [0.25, 0.3) is 0 Å². The number of nitrogens with zero attached hydrogens (tertiary/aromatic N) is 2. The first kappa shape index (κ1) is 15.2. The highest BCUT2D eigenvalue weighted by molar-refractivity contribution is 5.95. The lowest BCUT2D eigenvalue weighted by Crippen LogP contribution is -2.37. The first-order valence-corrected chi connectivity index (χ1v) is 7.06. The molecule has 2 rings (SSSR count). The van der Waals surface area contributed by atoms with Gasteiger partial charge in [0.2, 0.25) is 0 Å². The molecule has 1 atom stereocenters. The predicted octanol–water partition coefficient (Wildman–Crippen LogP) is 1.14. The van der Waals surface area contributed by atoms with Crippen molar-refractivity contribution >= 4 is 17.3 Å². The van der Waals surface area contributed by atoms with Gasteiger partial charge < -0.3 is 15.5 Å². The summed E-state index contributed by atoms with van der Waals surface area (Å²) in [7, 11) is 1.54. The molecule has 0 saturated carbocycles. The van der Waals surface area contributed by atoms with Crippen LogP contribution in [0, 0.1) is 10.1 Å². The monoisotopic (exact) mass is 292 g/mol. The molecule has 7 nitrogen and oxygen atoms in total. The van der Waals surface area contributed by atoms with E-state index in [9.17, 15) is 14.9 Å². The SMILES string of the molecule is CCN(c1cc(C(=O)NC)ccc1[N+](=O)[O-])C1CCNC1. The first-order valence-electron chi connectivity index (χ1n) is 7.06. The van der Waals surface area contributed by atoms with E-state index in [4.69, 9.17) is 0 Å². The first-order chi connectivity index (χ1) is 10.1. The largest absolute Gasteiger partial charge is 0.362 e. The maximum absolute atomic E-state index is 11.8. The van der Waals surface area contributed by atoms with Gasteiger partial charge in [0.25, 0.3) is 11.6 Å². The number of hydrogen-bond donors (Lipinski definition) is 2. The van der Waals surface area contributed by atoms with E-state index < -0.39 is 4.92 Å². The highest BCUT2D eigenvalue weighted by atomic mass is 16.6. The Morgan fingerprint density at radius 3 is 2.86 bits per heavy atom. The molecule has 0 spiro atoms. The minimum absolute atomic E-state index is 0.0383. The Hall–Kier alpha value is -2.15. The van der Waals surface area contributed by atoms with Crippen molar-refractivity contribution in [3.63, 3.8) is 0 Å². The van der Waals surface area contributed by atoms with Crippen LogP contribution in [0.2, 0.25) is 0 Å². The average Bonchev–Trinajstić information content (AvgIpc) is 3.01. The number of nitrogens with one attached hydrogen (secondary N) is 2. The van der Waals surface area contributed by atoms with Gasteiger partial charge in [0.05, 0.1) is 4.92 Å². The zero-order chi connectivity index (χ0) is 15.4. The van der Waals surface area contributed by atoms with Crippen LogP contribution >= 0.6 is 0 Å². The van der Waals surface area contributed by atoms with Crippen molar-refractivity contribution in [3.05, 3.63) is 33.9 Å². The van der Waals surface area contributed by atoms with Crippen molar-refractivity contribution in [2.75, 3.05) is 31.6 Å². The summed E-state index contributed by atoms with van der Waals surface area (Å²) in [5.74, 6) is -0.244. The molecule has 1 fully saturated rings. The summed E-state index contributed by atoms with van der Waals surface area (Å²) in [4.78, 5) is 24.6. The van der Waals surface area contributed by atoms with Crippen molar-refractivity contribution in [1.82, 2.24) is 10.6 Å². The molecule has 1 heterocycles. The fourth-order valence-corrected chi connectivity index (χ4v) is 2.72. The maximum Gasteiger partial charge on any atom is 0.292 e. The summed E-state index contributed by atoms with van der Waals surface area (Å²) < 4.78 is 0. The molecular weight excluding hydrogens is 272 g/mol. The van der Waals surface area contributed by atoms with E-state index in [1.54, 1.807) is 13.1 Å². The maximum atomic E-state index is 11.8. The number of nitro benzene ring substituents is 1. The summed E-state index contributed by atoms with van der Waals surface area (Å²) in [5, 5.41) is 17.1. The zero-order valence-electron chi connectivity index (χ0n) is 12.3. The lowest BCUT2D eigenvalue weighted by atomic mass is 10.1. The number of anilines is 1. The molecule has 7 heteroatoms. The number of carbonyl (C=O) groups is 1. The van der Waals surface area contributed by atoms with Gasteiger partial charge in [0.1, 0.15) is 5.69 Å². The molecule has 2 N–H and O–H groups in total. The summed E-state index contributed by atoms with van der Waals surface area (Å²) in [6, 6.07) is 4.72. The minimum atomic E-state index is -0.395. The smallest absolute Gasteiger partial charge is 0.292 e. The molecule has 0 aliphatic carbocycles. The Bertz CT molecular complexity index is 541. The number of benzene rings is 1. The molecule has 1 amide bonds. The van der Waals surface area contributed by atoms with Crippen LogP contribution in [0.3, 0.4) is 0 Å². The number of carbonyl (C=O) groups excluding carboxylic acids is 1. The van der Waals surface area contributed by atoms with Crippen molar-refractivity contribution in [1.29, 1.82) is 0 Å². The highest BCUT2D eigenvalue weighted by Gasteiger charge is 2.27. The Morgan fingerprint density at radius 1 is 1.57 bits per heavy atom. The van der Waals surface area contributed by atoms with Crippen LogP contribution in [-0.2, 0) is 0 Å². The molecule has 0 bridgehead atoms. The highest BCUT2D eigenvalue weighted by Crippen LogP contribution is 2.31. The van der Waals surface area contributed by atoms with Gasteiger partial charge in [-0.05, 0) is 32.0 Å². The molecule has 21 heavy (non-hydrogen) atoms. The molecular formula is C14H20N4O3. The van der Waals surface area contributed by atoms with E-state index in [-0.39, 0.29) is 17.6 Å². The predicted molar refractivity (Wildman–Crippen MR) is 80.8 cm³/mol. The number of nitro groups is 1. The van der Waals surface area contributed by atoms with E-state index in [2.05, 4.69) is 10.6 Å². The van der Waals surface area contributed by atoms with Crippen LogP contribution in [0.5, 0.6) is 0 Å². The van der Waals surface area contributed by atoms with Gasteiger partial charge >= 0.3 is 0 Å². The second-order valence-corrected chi connectivity index (χ2v) is 4.97. The fraction of sp³-hybridized carbons (Fsp3) is 0.500. The number of rotatable bonds is 5. The van der Waals surface area contributed by atoms with Crippen molar-refractivity contribution in [2.24, 2.45) is 0 Å². The molecule has 0 aromatic heterocycles. The fourth-order valence-electron chi connectivity index (χ4n) is 2.72. The summed E-state index contributed by atoms with van der Waals surface area (Å²) in [6.45, 7) is 4.33. The van der Waals surface area contributed by atoms with E-state index in [0.717, 1.165) is 19.5 Å². The van der Waals surface area contributed by atoms with E-state index in [0.29, 0.717) is 17.8 Å². The summed E-state index contributed by atoms with van der Waals surface area (Å²) in [5.41, 5.74) is 0.983. The average molecular weight is 292 g/mol. The van der Waals surface area contributed by atoms with E-state index in [1.807, 2.05) is 11.8 Å². The summed E-state index contributed by atoms with van der Waals surface area (Å²) >= 11 is 0. The standard InChI is InChI=1S/C14H20N4O3/c1-3-17(11-6-7-16-9-11)13-8-10(14(19)15-2)4-5-12(13)18(20)21/h4-5,8,11,16H,3,6-7,9H2,1-2H3,(H,15,19). The zero-order valence-corrected chi connectivity index (χ0v) is 12.3. The Morgan fingerprint density at radius 2 is 2.33 bits per heavy atom. The Balaban J connectivity index is 2.45. The van der Waals surface area contributed by atoms with Crippen LogP contribution < -0.4 is 15.5 Å². The lowest BCUT2D eigenvalue weighted by molar-refractivity contribution is -0.384. The van der Waals surface area contributed by atoms with Gasteiger partial charge in [-0.2, -0.15) is 0 Å². The normalized spacial score (nSPS) is 17.5. The van der Waals surface area contributed by atoms with E-state index in [1.165, 1.54) is 12.1 Å². The molecule has 1 aromatic rings. The molecule has 1 aliphatic heterocycles. The molecule has 114 valence electrons. The number of likely N-dealkylation sites (N-methyl/N-ethyl adjacent to an activating group) is 1. The van der Waals surface area contributed by atoms with Crippen LogP contribution in [0.4, 0.5) is 11.4 Å². The van der Waals surface area contributed by atoms with E-state index >= 15 is 0 Å². The third kappa shape index (κ3) is 3.13. The van der Waals surface area contributed by atoms with Gasteiger partial charge in [0, 0.05) is 37.8 Å². The quantitative estimate of drug-likeness (QED) is 0.628. The second kappa shape index (κ2) is 6.53. The molecule has 1 aromatic carbocycles. The number of hydrogen-bond acceptors (Lipinski definition) is 5. The molecule has 0 radical (unpaired) electrons. The third-order valence-corrected chi connectivity index (χ3v) is 3.79. The van der Waals surface area contributed by atoms with Crippen LogP contribution in [0.15, 0.2) is 18.2 Å². The van der Waals surface area contributed by atoms with Gasteiger partial charge in [-0.25, -0.2) is 0 Å². The Kier molecular flexibility index (Phi) is 4.74. The third-order valence-electron chi connectivity index (χ3n) is 3.79.